The number of hydrogen-bond acceptors (Lipinski definition) is 6. The van der Waals surface area contributed by atoms with E-state index in [9.17, 15) is 9.18 Å². The quantitative estimate of drug-likeness (QED) is 0.438. The Bertz CT molecular complexity index is 1200. The van der Waals surface area contributed by atoms with Crippen LogP contribution in [0.2, 0.25) is 0 Å². The number of anilines is 1. The maximum atomic E-state index is 13.3. The van der Waals surface area contributed by atoms with Gasteiger partial charge in [-0.15, -0.1) is 10.2 Å². The third kappa shape index (κ3) is 4.89. The fraction of sp³-hybridized carbons (Fsp3) is 0.0909. The smallest absolute Gasteiger partial charge is 0.234 e. The van der Waals surface area contributed by atoms with Crippen molar-refractivity contribution in [3.8, 4) is 22.8 Å². The van der Waals surface area contributed by atoms with Crippen LogP contribution in [0, 0.1) is 5.82 Å². The molecule has 0 saturated carbocycles. The molecule has 0 aliphatic carbocycles. The lowest BCUT2D eigenvalue weighted by Crippen LogP contribution is -2.14. The second-order valence-electron chi connectivity index (χ2n) is 6.43. The van der Waals surface area contributed by atoms with Gasteiger partial charge in [-0.05, 0) is 42.5 Å². The fourth-order valence-electron chi connectivity index (χ4n) is 2.92. The summed E-state index contributed by atoms with van der Waals surface area (Å²) in [5, 5.41) is 11.8. The van der Waals surface area contributed by atoms with Crippen molar-refractivity contribution in [2.75, 3.05) is 18.2 Å². The molecule has 4 aromatic rings. The van der Waals surface area contributed by atoms with Crippen LogP contribution in [0.1, 0.15) is 0 Å². The largest absolute Gasteiger partial charge is 0.497 e. The Kier molecular flexibility index (Phi) is 6.23. The molecule has 0 bridgehead atoms. The molecule has 0 saturated heterocycles. The highest BCUT2D eigenvalue weighted by Gasteiger charge is 2.18. The van der Waals surface area contributed by atoms with E-state index >= 15 is 0 Å². The molecule has 2 heterocycles. The Balaban J connectivity index is 1.61. The monoisotopic (exact) mass is 435 g/mol. The molecule has 7 nitrogen and oxygen atoms in total. The highest BCUT2D eigenvalue weighted by atomic mass is 32.2. The van der Waals surface area contributed by atoms with Crippen molar-refractivity contribution < 1.29 is 13.9 Å². The maximum absolute atomic E-state index is 13.3. The van der Waals surface area contributed by atoms with Crippen LogP contribution in [0.4, 0.5) is 10.1 Å². The summed E-state index contributed by atoms with van der Waals surface area (Å²) >= 11 is 1.22. The standard InChI is InChI=1S/C22H18FN5O2S/c1-30-19-9-3-8-18(12-19)28-21(15-5-4-10-24-13-15)26-27-22(28)31-14-20(29)25-17-7-2-6-16(23)11-17/h2-13H,14H2,1H3,(H,25,29). The molecule has 0 aliphatic rings. The topological polar surface area (TPSA) is 81.9 Å². The zero-order valence-corrected chi connectivity index (χ0v) is 17.3. The van der Waals surface area contributed by atoms with Crippen LogP contribution in [0.3, 0.4) is 0 Å². The molecule has 0 atom stereocenters. The van der Waals surface area contributed by atoms with E-state index in [2.05, 4.69) is 20.5 Å². The number of halogens is 1. The van der Waals surface area contributed by atoms with Gasteiger partial charge in [0.05, 0.1) is 18.6 Å². The predicted octanol–water partition coefficient (Wildman–Crippen LogP) is 4.21. The minimum atomic E-state index is -0.413. The lowest BCUT2D eigenvalue weighted by Gasteiger charge is -2.11. The third-order valence-corrected chi connectivity index (χ3v) is 5.23. The number of thioether (sulfide) groups is 1. The van der Waals surface area contributed by atoms with Gasteiger partial charge in [0.2, 0.25) is 5.91 Å². The number of amides is 1. The Morgan fingerprint density at radius 1 is 1.13 bits per heavy atom. The van der Waals surface area contributed by atoms with Crippen molar-refractivity contribution in [1.82, 2.24) is 19.7 Å². The molecule has 0 aliphatic heterocycles. The van der Waals surface area contributed by atoms with Crippen molar-refractivity contribution in [2.24, 2.45) is 0 Å². The van der Waals surface area contributed by atoms with E-state index in [1.54, 1.807) is 25.6 Å². The average Bonchev–Trinajstić information content (AvgIpc) is 3.22. The number of nitrogens with zero attached hydrogens (tertiary/aromatic N) is 4. The van der Waals surface area contributed by atoms with Crippen molar-refractivity contribution in [2.45, 2.75) is 5.16 Å². The molecule has 0 unspecified atom stereocenters. The van der Waals surface area contributed by atoms with Crippen LogP contribution in [-0.2, 0) is 4.79 Å². The summed E-state index contributed by atoms with van der Waals surface area (Å²) in [7, 11) is 1.60. The number of carbonyl (C=O) groups is 1. The molecule has 0 spiro atoms. The number of ether oxygens (including phenoxy) is 1. The summed E-state index contributed by atoms with van der Waals surface area (Å²) in [6.07, 6.45) is 3.38. The van der Waals surface area contributed by atoms with E-state index in [1.807, 2.05) is 41.0 Å². The number of methoxy groups -OCH3 is 1. The van der Waals surface area contributed by atoms with Crippen LogP contribution < -0.4 is 10.1 Å². The SMILES string of the molecule is COc1cccc(-n2c(SCC(=O)Nc3cccc(F)c3)nnc2-c2cccnc2)c1. The normalized spacial score (nSPS) is 10.6. The van der Waals surface area contributed by atoms with E-state index in [0.29, 0.717) is 22.4 Å². The summed E-state index contributed by atoms with van der Waals surface area (Å²) in [5.74, 6) is 0.659. The number of aromatic nitrogens is 4. The molecule has 156 valence electrons. The Morgan fingerprint density at radius 2 is 2.00 bits per heavy atom. The highest BCUT2D eigenvalue weighted by molar-refractivity contribution is 7.99. The van der Waals surface area contributed by atoms with Crippen molar-refractivity contribution in [3.05, 3.63) is 78.9 Å². The van der Waals surface area contributed by atoms with E-state index in [0.717, 1.165) is 11.3 Å². The molecule has 0 fully saturated rings. The summed E-state index contributed by atoms with van der Waals surface area (Å²) in [4.78, 5) is 16.5. The lowest BCUT2D eigenvalue weighted by molar-refractivity contribution is -0.113. The van der Waals surface area contributed by atoms with Gasteiger partial charge in [0.25, 0.3) is 0 Å². The van der Waals surface area contributed by atoms with Crippen LogP contribution in [0.15, 0.2) is 78.2 Å². The van der Waals surface area contributed by atoms with Gasteiger partial charge in [0.15, 0.2) is 11.0 Å². The van der Waals surface area contributed by atoms with Gasteiger partial charge in [0, 0.05) is 29.7 Å². The molecule has 2 aromatic carbocycles. The van der Waals surface area contributed by atoms with Gasteiger partial charge < -0.3 is 10.1 Å². The molecule has 2 aromatic heterocycles. The van der Waals surface area contributed by atoms with Crippen LogP contribution in [-0.4, -0.2) is 38.5 Å². The summed E-state index contributed by atoms with van der Waals surface area (Å²) in [6, 6.07) is 16.9. The van der Waals surface area contributed by atoms with Gasteiger partial charge in [-0.1, -0.05) is 23.9 Å². The minimum Gasteiger partial charge on any atom is -0.497 e. The minimum absolute atomic E-state index is 0.0751. The number of carbonyl (C=O) groups excluding carboxylic acids is 1. The maximum Gasteiger partial charge on any atom is 0.234 e. The molecular formula is C22H18FN5O2S. The Hall–Kier alpha value is -3.72. The summed E-state index contributed by atoms with van der Waals surface area (Å²) in [6.45, 7) is 0. The van der Waals surface area contributed by atoms with Crippen molar-refractivity contribution in [1.29, 1.82) is 0 Å². The van der Waals surface area contributed by atoms with Gasteiger partial charge in [-0.25, -0.2) is 4.39 Å². The molecule has 1 amide bonds. The van der Waals surface area contributed by atoms with E-state index < -0.39 is 5.82 Å². The third-order valence-electron chi connectivity index (χ3n) is 4.31. The van der Waals surface area contributed by atoms with Crippen molar-refractivity contribution >= 4 is 23.4 Å². The predicted molar refractivity (Wildman–Crippen MR) is 117 cm³/mol. The molecule has 1 N–H and O–H groups in total. The highest BCUT2D eigenvalue weighted by Crippen LogP contribution is 2.29. The number of benzene rings is 2. The zero-order valence-electron chi connectivity index (χ0n) is 16.5. The van der Waals surface area contributed by atoms with Gasteiger partial charge in [0.1, 0.15) is 11.6 Å². The molecule has 31 heavy (non-hydrogen) atoms. The van der Waals surface area contributed by atoms with E-state index in [1.165, 1.54) is 30.0 Å². The zero-order chi connectivity index (χ0) is 21.6. The lowest BCUT2D eigenvalue weighted by atomic mass is 10.2. The molecule has 4 rings (SSSR count). The van der Waals surface area contributed by atoms with Gasteiger partial charge in [-0.3, -0.25) is 14.3 Å². The number of hydrogen-bond donors (Lipinski definition) is 1. The van der Waals surface area contributed by atoms with Crippen LogP contribution >= 0.6 is 11.8 Å². The number of rotatable bonds is 7. The Labute approximate surface area is 182 Å². The van der Waals surface area contributed by atoms with Gasteiger partial charge in [-0.2, -0.15) is 0 Å². The fourth-order valence-corrected chi connectivity index (χ4v) is 3.67. The van der Waals surface area contributed by atoms with Crippen LogP contribution in [0.5, 0.6) is 5.75 Å². The second-order valence-corrected chi connectivity index (χ2v) is 7.37. The van der Waals surface area contributed by atoms with E-state index in [-0.39, 0.29) is 11.7 Å². The first kappa shape index (κ1) is 20.5. The molecule has 9 heteroatoms. The summed E-state index contributed by atoms with van der Waals surface area (Å²) in [5.41, 5.74) is 1.97. The summed E-state index contributed by atoms with van der Waals surface area (Å²) < 4.78 is 20.5. The Morgan fingerprint density at radius 3 is 2.77 bits per heavy atom. The molecule has 0 radical (unpaired) electrons. The van der Waals surface area contributed by atoms with Crippen molar-refractivity contribution in [3.63, 3.8) is 0 Å². The average molecular weight is 435 g/mol. The number of nitrogens with one attached hydrogen (secondary N) is 1. The molecular weight excluding hydrogens is 417 g/mol. The first-order valence-corrected chi connectivity index (χ1v) is 10.3. The van der Waals surface area contributed by atoms with Crippen LogP contribution in [0.25, 0.3) is 17.1 Å². The van der Waals surface area contributed by atoms with Gasteiger partial charge >= 0.3 is 0 Å². The first-order valence-electron chi connectivity index (χ1n) is 9.32. The van der Waals surface area contributed by atoms with E-state index in [4.69, 9.17) is 4.74 Å². The first-order chi connectivity index (χ1) is 15.1. The second kappa shape index (κ2) is 9.40. The number of pyridine rings is 1.